The predicted octanol–water partition coefficient (Wildman–Crippen LogP) is 4.39. The Bertz CT molecular complexity index is 1030. The summed E-state index contributed by atoms with van der Waals surface area (Å²) in [5.74, 6) is 2.92. The molecular formula is C23H27ClN4O3. The van der Waals surface area contributed by atoms with Gasteiger partial charge in [-0.25, -0.2) is 9.97 Å². The molecule has 164 valence electrons. The number of ether oxygens (including phenoxy) is 3. The SMILES string of the molecule is COc1cc(CN2CCC(Nc3nc4cccc(OC)c4nc3Cl)CC2)cc(OC)c1. The molecule has 0 saturated carbocycles. The van der Waals surface area contributed by atoms with Crippen LogP contribution in [0, 0.1) is 0 Å². The third-order valence-electron chi connectivity index (χ3n) is 5.58. The lowest BCUT2D eigenvalue weighted by Crippen LogP contribution is -2.38. The van der Waals surface area contributed by atoms with Crippen molar-refractivity contribution >= 4 is 28.5 Å². The van der Waals surface area contributed by atoms with Crippen LogP contribution in [0.15, 0.2) is 36.4 Å². The van der Waals surface area contributed by atoms with Crippen LogP contribution in [0.3, 0.4) is 0 Å². The zero-order chi connectivity index (χ0) is 21.8. The molecular weight excluding hydrogens is 416 g/mol. The normalized spacial score (nSPS) is 15.1. The molecule has 0 amide bonds. The Hall–Kier alpha value is -2.77. The first-order valence-electron chi connectivity index (χ1n) is 10.3. The van der Waals surface area contributed by atoms with Crippen LogP contribution in [-0.4, -0.2) is 55.3 Å². The molecule has 1 saturated heterocycles. The number of benzene rings is 2. The number of rotatable bonds is 7. The number of aromatic nitrogens is 2. The molecule has 1 aromatic heterocycles. The molecule has 31 heavy (non-hydrogen) atoms. The minimum Gasteiger partial charge on any atom is -0.497 e. The minimum atomic E-state index is 0.297. The lowest BCUT2D eigenvalue weighted by molar-refractivity contribution is 0.210. The average molecular weight is 443 g/mol. The first-order valence-corrected chi connectivity index (χ1v) is 10.7. The third kappa shape index (κ3) is 4.94. The number of methoxy groups -OCH3 is 3. The van der Waals surface area contributed by atoms with E-state index >= 15 is 0 Å². The van der Waals surface area contributed by atoms with Gasteiger partial charge in [0, 0.05) is 31.7 Å². The summed E-state index contributed by atoms with van der Waals surface area (Å²) in [6.07, 6.45) is 1.99. The highest BCUT2D eigenvalue weighted by Crippen LogP contribution is 2.29. The fraction of sp³-hybridized carbons (Fsp3) is 0.391. The Balaban J connectivity index is 1.39. The molecule has 1 aliphatic heterocycles. The Morgan fingerprint density at radius 1 is 1.00 bits per heavy atom. The average Bonchev–Trinajstić information content (AvgIpc) is 2.80. The molecule has 3 aromatic rings. The van der Waals surface area contributed by atoms with Crippen molar-refractivity contribution in [1.82, 2.24) is 14.9 Å². The van der Waals surface area contributed by atoms with E-state index in [1.807, 2.05) is 24.3 Å². The number of nitrogens with one attached hydrogen (secondary N) is 1. The third-order valence-corrected chi connectivity index (χ3v) is 5.84. The smallest absolute Gasteiger partial charge is 0.172 e. The lowest BCUT2D eigenvalue weighted by Gasteiger charge is -2.32. The van der Waals surface area contributed by atoms with Crippen molar-refractivity contribution in [2.45, 2.75) is 25.4 Å². The van der Waals surface area contributed by atoms with E-state index in [0.717, 1.165) is 49.5 Å². The van der Waals surface area contributed by atoms with Gasteiger partial charge < -0.3 is 19.5 Å². The number of nitrogens with zero attached hydrogens (tertiary/aromatic N) is 3. The molecule has 0 aliphatic carbocycles. The first-order chi connectivity index (χ1) is 15.1. The second kappa shape index (κ2) is 9.58. The summed E-state index contributed by atoms with van der Waals surface area (Å²) in [6.45, 7) is 2.81. The van der Waals surface area contributed by atoms with Crippen LogP contribution >= 0.6 is 11.6 Å². The van der Waals surface area contributed by atoms with Crippen LogP contribution in [0.4, 0.5) is 5.82 Å². The quantitative estimate of drug-likeness (QED) is 0.582. The van der Waals surface area contributed by atoms with Crippen LogP contribution in [-0.2, 0) is 6.54 Å². The van der Waals surface area contributed by atoms with Gasteiger partial charge in [-0.15, -0.1) is 0 Å². The maximum absolute atomic E-state index is 6.42. The van der Waals surface area contributed by atoms with Gasteiger partial charge in [0.1, 0.15) is 22.8 Å². The number of fused-ring (bicyclic) bond motifs is 1. The fourth-order valence-electron chi connectivity index (χ4n) is 3.93. The number of para-hydroxylation sites is 1. The monoisotopic (exact) mass is 442 g/mol. The number of likely N-dealkylation sites (tertiary alicyclic amines) is 1. The van der Waals surface area contributed by atoms with Gasteiger partial charge in [-0.3, -0.25) is 4.90 Å². The molecule has 1 fully saturated rings. The second-order valence-corrected chi connectivity index (χ2v) is 7.96. The van der Waals surface area contributed by atoms with Crippen molar-refractivity contribution in [3.63, 3.8) is 0 Å². The number of hydrogen-bond acceptors (Lipinski definition) is 7. The maximum Gasteiger partial charge on any atom is 0.172 e. The van der Waals surface area contributed by atoms with Crippen molar-refractivity contribution in [2.24, 2.45) is 0 Å². The molecule has 8 heteroatoms. The number of hydrogen-bond donors (Lipinski definition) is 1. The van der Waals surface area contributed by atoms with E-state index in [1.54, 1.807) is 21.3 Å². The minimum absolute atomic E-state index is 0.297. The molecule has 0 atom stereocenters. The lowest BCUT2D eigenvalue weighted by atomic mass is 10.0. The number of anilines is 1. The highest BCUT2D eigenvalue weighted by molar-refractivity contribution is 6.32. The molecule has 2 heterocycles. The largest absolute Gasteiger partial charge is 0.497 e. The molecule has 0 bridgehead atoms. The van der Waals surface area contributed by atoms with Gasteiger partial charge in [0.2, 0.25) is 0 Å². The summed E-state index contributed by atoms with van der Waals surface area (Å²) in [4.78, 5) is 11.6. The van der Waals surface area contributed by atoms with Crippen molar-refractivity contribution < 1.29 is 14.2 Å². The fourth-order valence-corrected chi connectivity index (χ4v) is 4.11. The Labute approximate surface area is 187 Å². The second-order valence-electron chi connectivity index (χ2n) is 7.61. The Morgan fingerprint density at radius 2 is 1.71 bits per heavy atom. The van der Waals surface area contributed by atoms with Crippen molar-refractivity contribution in [1.29, 1.82) is 0 Å². The summed E-state index contributed by atoms with van der Waals surface area (Å²) >= 11 is 6.42. The van der Waals surface area contributed by atoms with E-state index in [0.29, 0.717) is 28.3 Å². The molecule has 1 N–H and O–H groups in total. The van der Waals surface area contributed by atoms with Gasteiger partial charge in [0.05, 0.1) is 26.8 Å². The molecule has 1 aliphatic rings. The number of halogens is 1. The summed E-state index contributed by atoms with van der Waals surface area (Å²) in [5, 5.41) is 3.85. The van der Waals surface area contributed by atoms with Gasteiger partial charge in [0.25, 0.3) is 0 Å². The molecule has 4 rings (SSSR count). The van der Waals surface area contributed by atoms with E-state index in [-0.39, 0.29) is 0 Å². The van der Waals surface area contributed by atoms with E-state index in [9.17, 15) is 0 Å². The zero-order valence-corrected chi connectivity index (χ0v) is 18.8. The van der Waals surface area contributed by atoms with Crippen LogP contribution in [0.2, 0.25) is 5.15 Å². The van der Waals surface area contributed by atoms with E-state index in [4.69, 9.17) is 25.8 Å². The zero-order valence-electron chi connectivity index (χ0n) is 18.0. The summed E-state index contributed by atoms with van der Waals surface area (Å²) < 4.78 is 16.1. The summed E-state index contributed by atoms with van der Waals surface area (Å²) in [5.41, 5.74) is 2.61. The summed E-state index contributed by atoms with van der Waals surface area (Å²) in [6, 6.07) is 12.0. The van der Waals surface area contributed by atoms with Crippen molar-refractivity contribution in [3.05, 3.63) is 47.1 Å². The number of piperidine rings is 1. The van der Waals surface area contributed by atoms with Crippen LogP contribution in [0.1, 0.15) is 18.4 Å². The molecule has 0 spiro atoms. The van der Waals surface area contributed by atoms with Crippen LogP contribution in [0.25, 0.3) is 11.0 Å². The van der Waals surface area contributed by atoms with Crippen LogP contribution < -0.4 is 19.5 Å². The summed E-state index contributed by atoms with van der Waals surface area (Å²) in [7, 11) is 4.96. The molecule has 7 nitrogen and oxygen atoms in total. The van der Waals surface area contributed by atoms with Gasteiger partial charge in [-0.05, 0) is 42.7 Å². The van der Waals surface area contributed by atoms with Crippen molar-refractivity contribution in [3.8, 4) is 17.2 Å². The highest BCUT2D eigenvalue weighted by atomic mass is 35.5. The Kier molecular flexibility index (Phi) is 6.63. The highest BCUT2D eigenvalue weighted by Gasteiger charge is 2.21. The van der Waals surface area contributed by atoms with Crippen molar-refractivity contribution in [2.75, 3.05) is 39.7 Å². The van der Waals surface area contributed by atoms with E-state index < -0.39 is 0 Å². The van der Waals surface area contributed by atoms with Gasteiger partial charge >= 0.3 is 0 Å². The van der Waals surface area contributed by atoms with E-state index in [2.05, 4.69) is 32.3 Å². The van der Waals surface area contributed by atoms with E-state index in [1.165, 1.54) is 5.56 Å². The standard InChI is InChI=1S/C23H27ClN4O3/c1-29-17-11-15(12-18(13-17)30-2)14-28-9-7-16(8-10-28)25-23-22(24)27-21-19(26-23)5-4-6-20(21)31-3/h4-6,11-13,16H,7-10,14H2,1-3H3,(H,25,26). The molecule has 0 radical (unpaired) electrons. The topological polar surface area (TPSA) is 68.7 Å². The van der Waals surface area contributed by atoms with Gasteiger partial charge in [-0.1, -0.05) is 17.7 Å². The molecule has 2 aromatic carbocycles. The maximum atomic E-state index is 6.42. The van der Waals surface area contributed by atoms with Gasteiger partial charge in [-0.2, -0.15) is 0 Å². The predicted molar refractivity (Wildman–Crippen MR) is 123 cm³/mol. The molecule has 0 unspecified atom stereocenters. The first kappa shape index (κ1) is 21.5. The van der Waals surface area contributed by atoms with Gasteiger partial charge in [0.15, 0.2) is 11.0 Å². The van der Waals surface area contributed by atoms with Crippen LogP contribution in [0.5, 0.6) is 17.2 Å². The Morgan fingerprint density at radius 3 is 2.35 bits per heavy atom.